The maximum absolute atomic E-state index is 13.1. The first kappa shape index (κ1) is 15.6. The Bertz CT molecular complexity index is 635. The van der Waals surface area contributed by atoms with Gasteiger partial charge in [-0.2, -0.15) is 0 Å². The maximum atomic E-state index is 13.1. The molecular weight excluding hydrogens is 360 g/mol. The number of hydrogen-bond donors (Lipinski definition) is 1. The van der Waals surface area contributed by atoms with Crippen LogP contribution in [0, 0.1) is 0 Å². The van der Waals surface area contributed by atoms with Crippen molar-refractivity contribution < 1.29 is 23.1 Å². The fourth-order valence-electron chi connectivity index (χ4n) is 2.82. The summed E-state index contributed by atoms with van der Waals surface area (Å²) >= 11 is 3.35. The molecule has 1 aromatic rings. The van der Waals surface area contributed by atoms with Crippen LogP contribution >= 0.6 is 15.9 Å². The van der Waals surface area contributed by atoms with E-state index in [1.54, 1.807) is 12.1 Å². The number of aryl methyl sites for hydroxylation is 1. The van der Waals surface area contributed by atoms with Crippen LogP contribution in [0.25, 0.3) is 0 Å². The summed E-state index contributed by atoms with van der Waals surface area (Å²) in [5.74, 6) is -3.96. The lowest BCUT2D eigenvalue weighted by Crippen LogP contribution is -2.39. The van der Waals surface area contributed by atoms with Crippen molar-refractivity contribution in [3.63, 3.8) is 0 Å². The molecule has 2 aliphatic rings. The summed E-state index contributed by atoms with van der Waals surface area (Å²) in [7, 11) is 0. The van der Waals surface area contributed by atoms with Crippen molar-refractivity contribution in [3.8, 4) is 0 Å². The normalized spacial score (nSPS) is 26.6. The molecule has 4 nitrogen and oxygen atoms in total. The van der Waals surface area contributed by atoms with Crippen molar-refractivity contribution in [2.75, 3.05) is 6.54 Å². The van der Waals surface area contributed by atoms with Crippen LogP contribution in [-0.2, 0) is 16.0 Å². The van der Waals surface area contributed by atoms with Crippen LogP contribution in [-0.4, -0.2) is 36.4 Å². The first-order chi connectivity index (χ1) is 10.4. The molecule has 0 radical (unpaired) electrons. The van der Waals surface area contributed by atoms with Crippen molar-refractivity contribution in [3.05, 3.63) is 33.8 Å². The standard InChI is InChI=1S/C15H14BrF2NO3/c16-9-2-3-10-8(5-9)1-4-12(13(10)20)22-14(21)11-6-15(17,18)7-19-11/h2-3,5,11-12,19H,1,4,6-7H2/t11-,12?/m0/s1. The minimum Gasteiger partial charge on any atom is -0.453 e. The smallest absolute Gasteiger partial charge is 0.324 e. The zero-order valence-electron chi connectivity index (χ0n) is 11.6. The number of benzene rings is 1. The fraction of sp³-hybridized carbons (Fsp3) is 0.467. The lowest BCUT2D eigenvalue weighted by Gasteiger charge is -2.24. The van der Waals surface area contributed by atoms with Crippen LogP contribution in [0.2, 0.25) is 0 Å². The van der Waals surface area contributed by atoms with Gasteiger partial charge in [0.25, 0.3) is 5.92 Å². The Morgan fingerprint density at radius 3 is 2.86 bits per heavy atom. The summed E-state index contributed by atoms with van der Waals surface area (Å²) in [6.07, 6.45) is -0.502. The number of alkyl halides is 2. The van der Waals surface area contributed by atoms with Crippen LogP contribution in [0.1, 0.15) is 28.8 Å². The second-order valence-corrected chi connectivity index (χ2v) is 6.54. The van der Waals surface area contributed by atoms with Crippen LogP contribution in [0.3, 0.4) is 0 Å². The van der Waals surface area contributed by atoms with Gasteiger partial charge in [-0.25, -0.2) is 8.78 Å². The van der Waals surface area contributed by atoms with Gasteiger partial charge in [0.05, 0.1) is 6.54 Å². The van der Waals surface area contributed by atoms with E-state index >= 15 is 0 Å². The van der Waals surface area contributed by atoms with E-state index in [9.17, 15) is 18.4 Å². The molecule has 7 heteroatoms. The first-order valence-corrected chi connectivity index (χ1v) is 7.79. The number of fused-ring (bicyclic) bond motifs is 1. The van der Waals surface area contributed by atoms with E-state index in [1.165, 1.54) is 0 Å². The van der Waals surface area contributed by atoms with Gasteiger partial charge in [0.15, 0.2) is 6.10 Å². The topological polar surface area (TPSA) is 55.4 Å². The Labute approximate surface area is 134 Å². The van der Waals surface area contributed by atoms with Gasteiger partial charge >= 0.3 is 5.97 Å². The Morgan fingerprint density at radius 2 is 2.18 bits per heavy atom. The second-order valence-electron chi connectivity index (χ2n) is 5.62. The number of ether oxygens (including phenoxy) is 1. The predicted octanol–water partition coefficient (Wildman–Crippen LogP) is 2.49. The largest absolute Gasteiger partial charge is 0.453 e. The quantitative estimate of drug-likeness (QED) is 0.809. The zero-order valence-corrected chi connectivity index (χ0v) is 13.2. The highest BCUT2D eigenvalue weighted by Crippen LogP contribution is 2.29. The molecule has 22 heavy (non-hydrogen) atoms. The molecule has 3 rings (SSSR count). The first-order valence-electron chi connectivity index (χ1n) is 7.00. The highest BCUT2D eigenvalue weighted by molar-refractivity contribution is 9.10. The summed E-state index contributed by atoms with van der Waals surface area (Å²) in [6.45, 7) is -0.539. The van der Waals surface area contributed by atoms with Gasteiger partial charge in [-0.1, -0.05) is 15.9 Å². The Balaban J connectivity index is 1.68. The van der Waals surface area contributed by atoms with Gasteiger partial charge in [-0.15, -0.1) is 0 Å². The van der Waals surface area contributed by atoms with Gasteiger partial charge < -0.3 is 4.74 Å². The van der Waals surface area contributed by atoms with E-state index in [4.69, 9.17) is 4.74 Å². The summed E-state index contributed by atoms with van der Waals surface area (Å²) < 4.78 is 32.3. The molecule has 1 fully saturated rings. The number of Topliss-reactive ketones (excluding diaryl/α,β-unsaturated/α-hetero) is 1. The number of nitrogens with one attached hydrogen (secondary N) is 1. The number of carbonyl (C=O) groups is 2. The minimum absolute atomic E-state index is 0.271. The van der Waals surface area contributed by atoms with Crippen molar-refractivity contribution in [2.24, 2.45) is 0 Å². The van der Waals surface area contributed by atoms with Crippen molar-refractivity contribution in [2.45, 2.75) is 37.3 Å². The molecular formula is C15H14BrF2NO3. The number of esters is 1. The molecule has 0 spiro atoms. The average molecular weight is 374 g/mol. The molecule has 1 saturated heterocycles. The van der Waals surface area contributed by atoms with Crippen LogP contribution in [0.4, 0.5) is 8.78 Å². The van der Waals surface area contributed by atoms with E-state index in [1.807, 2.05) is 6.07 Å². The Kier molecular flexibility index (Phi) is 4.03. The van der Waals surface area contributed by atoms with E-state index in [0.29, 0.717) is 18.4 Å². The molecule has 1 N–H and O–H groups in total. The third-order valence-electron chi connectivity index (χ3n) is 3.95. The minimum atomic E-state index is -2.90. The summed E-state index contributed by atoms with van der Waals surface area (Å²) in [6, 6.07) is 4.25. The van der Waals surface area contributed by atoms with E-state index in [0.717, 1.165) is 10.0 Å². The highest BCUT2D eigenvalue weighted by Gasteiger charge is 2.44. The zero-order chi connectivity index (χ0) is 15.9. The number of ketones is 1. The predicted molar refractivity (Wildman–Crippen MR) is 78.0 cm³/mol. The SMILES string of the molecule is O=C1c2ccc(Br)cc2CCC1OC(=O)[C@@H]1CC(F)(F)CN1. The van der Waals surface area contributed by atoms with Gasteiger partial charge in [-0.05, 0) is 36.6 Å². The van der Waals surface area contributed by atoms with Crippen molar-refractivity contribution in [1.82, 2.24) is 5.32 Å². The summed E-state index contributed by atoms with van der Waals surface area (Å²) in [5.41, 5.74) is 1.43. The fourth-order valence-corrected chi connectivity index (χ4v) is 3.23. The van der Waals surface area contributed by atoms with E-state index < -0.39 is 37.0 Å². The summed E-state index contributed by atoms with van der Waals surface area (Å²) in [5, 5.41) is 2.44. The highest BCUT2D eigenvalue weighted by atomic mass is 79.9. The molecule has 1 aliphatic heterocycles. The molecule has 1 aromatic carbocycles. The third kappa shape index (κ3) is 3.05. The molecule has 0 aromatic heterocycles. The molecule has 118 valence electrons. The second kappa shape index (κ2) is 5.70. The van der Waals surface area contributed by atoms with Crippen LogP contribution in [0.15, 0.2) is 22.7 Å². The Morgan fingerprint density at radius 1 is 1.41 bits per heavy atom. The molecule has 2 atom stereocenters. The molecule has 0 amide bonds. The van der Waals surface area contributed by atoms with Crippen molar-refractivity contribution in [1.29, 1.82) is 0 Å². The lowest BCUT2D eigenvalue weighted by atomic mass is 9.88. The maximum Gasteiger partial charge on any atom is 0.324 e. The van der Waals surface area contributed by atoms with Crippen molar-refractivity contribution >= 4 is 27.7 Å². The number of hydrogen-bond acceptors (Lipinski definition) is 4. The molecule has 0 bridgehead atoms. The molecule has 1 aliphatic carbocycles. The van der Waals surface area contributed by atoms with Gasteiger partial charge in [0.1, 0.15) is 6.04 Å². The Hall–Kier alpha value is -1.34. The average Bonchev–Trinajstić information content (AvgIpc) is 2.82. The molecule has 0 saturated carbocycles. The van der Waals surface area contributed by atoms with Gasteiger partial charge in [0.2, 0.25) is 5.78 Å². The lowest BCUT2D eigenvalue weighted by molar-refractivity contribution is -0.150. The van der Waals surface area contributed by atoms with Gasteiger partial charge in [0, 0.05) is 16.5 Å². The summed E-state index contributed by atoms with van der Waals surface area (Å²) in [4.78, 5) is 24.3. The molecule has 1 heterocycles. The monoisotopic (exact) mass is 373 g/mol. The number of rotatable bonds is 2. The van der Waals surface area contributed by atoms with Gasteiger partial charge in [-0.3, -0.25) is 14.9 Å². The van der Waals surface area contributed by atoms with E-state index in [-0.39, 0.29) is 5.78 Å². The molecule has 1 unspecified atom stereocenters. The van der Waals surface area contributed by atoms with Crippen LogP contribution in [0.5, 0.6) is 0 Å². The van der Waals surface area contributed by atoms with E-state index in [2.05, 4.69) is 21.2 Å². The van der Waals surface area contributed by atoms with Crippen LogP contribution < -0.4 is 5.32 Å². The number of carbonyl (C=O) groups excluding carboxylic acids is 2. The number of halogens is 3. The third-order valence-corrected chi connectivity index (χ3v) is 4.45.